The van der Waals surface area contributed by atoms with E-state index in [2.05, 4.69) is 15.5 Å². The van der Waals surface area contributed by atoms with Gasteiger partial charge in [0.05, 0.1) is 18.1 Å². The first-order chi connectivity index (χ1) is 16.1. The Morgan fingerprint density at radius 2 is 1.79 bits per heavy atom. The Labute approximate surface area is 194 Å². The second-order valence-corrected chi connectivity index (χ2v) is 8.90. The topological polar surface area (TPSA) is 96.7 Å². The molecule has 8 heteroatoms. The van der Waals surface area contributed by atoms with Gasteiger partial charge in [0, 0.05) is 43.3 Å². The quantitative estimate of drug-likeness (QED) is 0.465. The van der Waals surface area contributed by atoms with Crippen molar-refractivity contribution in [2.45, 2.75) is 44.2 Å². The van der Waals surface area contributed by atoms with E-state index in [4.69, 9.17) is 4.74 Å². The molecule has 2 aromatic carbocycles. The Kier molecular flexibility index (Phi) is 7.57. The van der Waals surface area contributed by atoms with Crippen LogP contribution in [0.1, 0.15) is 48.0 Å². The minimum Gasteiger partial charge on any atom is -0.379 e. The van der Waals surface area contributed by atoms with Gasteiger partial charge in [-0.2, -0.15) is 0 Å². The molecule has 0 spiro atoms. The smallest absolute Gasteiger partial charge is 0.293 e. The first kappa shape index (κ1) is 23.2. The van der Waals surface area contributed by atoms with Gasteiger partial charge in [0.25, 0.3) is 11.6 Å². The molecule has 1 amide bonds. The minimum atomic E-state index is -0.444. The fraction of sp³-hybridized carbons (Fsp3) is 0.480. The number of amides is 1. The van der Waals surface area contributed by atoms with E-state index in [0.717, 1.165) is 57.6 Å². The van der Waals surface area contributed by atoms with Crippen molar-refractivity contribution in [1.29, 1.82) is 0 Å². The van der Waals surface area contributed by atoms with Gasteiger partial charge in [-0.15, -0.1) is 0 Å². The zero-order chi connectivity index (χ0) is 23.1. The van der Waals surface area contributed by atoms with E-state index in [1.165, 1.54) is 12.5 Å². The number of carbonyl (C=O) groups excluding carboxylic acids is 1. The molecule has 0 bridgehead atoms. The lowest BCUT2D eigenvalue weighted by Crippen LogP contribution is -2.59. The van der Waals surface area contributed by atoms with Crippen molar-refractivity contribution in [2.24, 2.45) is 0 Å². The summed E-state index contributed by atoms with van der Waals surface area (Å²) in [6.45, 7) is 4.22. The SMILES string of the molecule is O=C(NCC1(N2CCOCC2)CCCCC1)c1ccc(NCc2ccccc2)c([N+](=O)[O-])c1. The maximum Gasteiger partial charge on any atom is 0.293 e. The Bertz CT molecular complexity index is 954. The summed E-state index contributed by atoms with van der Waals surface area (Å²) in [6, 6.07) is 14.3. The molecule has 0 unspecified atom stereocenters. The highest BCUT2D eigenvalue weighted by molar-refractivity contribution is 5.95. The van der Waals surface area contributed by atoms with Gasteiger partial charge < -0.3 is 15.4 Å². The van der Waals surface area contributed by atoms with Crippen LogP contribution in [0, 0.1) is 10.1 Å². The van der Waals surface area contributed by atoms with Gasteiger partial charge >= 0.3 is 0 Å². The van der Waals surface area contributed by atoms with Gasteiger partial charge in [-0.1, -0.05) is 49.6 Å². The van der Waals surface area contributed by atoms with E-state index in [9.17, 15) is 14.9 Å². The summed E-state index contributed by atoms with van der Waals surface area (Å²) in [5, 5.41) is 17.9. The molecule has 176 valence electrons. The largest absolute Gasteiger partial charge is 0.379 e. The zero-order valence-electron chi connectivity index (χ0n) is 18.9. The second-order valence-electron chi connectivity index (χ2n) is 8.90. The highest BCUT2D eigenvalue weighted by Gasteiger charge is 2.39. The molecule has 1 heterocycles. The molecule has 1 saturated heterocycles. The fourth-order valence-corrected chi connectivity index (χ4v) is 4.97. The van der Waals surface area contributed by atoms with Crippen molar-refractivity contribution in [3.05, 3.63) is 69.8 Å². The maximum atomic E-state index is 13.0. The van der Waals surface area contributed by atoms with Crippen LogP contribution in [0.25, 0.3) is 0 Å². The summed E-state index contributed by atoms with van der Waals surface area (Å²) in [4.78, 5) is 26.7. The van der Waals surface area contributed by atoms with Gasteiger partial charge in [0.15, 0.2) is 0 Å². The van der Waals surface area contributed by atoms with Crippen molar-refractivity contribution < 1.29 is 14.5 Å². The molecule has 0 atom stereocenters. The predicted molar refractivity (Wildman–Crippen MR) is 127 cm³/mol. The number of nitro benzene ring substituents is 1. The summed E-state index contributed by atoms with van der Waals surface area (Å²) in [7, 11) is 0. The normalized spacial score (nSPS) is 18.4. The third-order valence-electron chi connectivity index (χ3n) is 6.83. The van der Waals surface area contributed by atoms with Gasteiger partial charge in [-0.3, -0.25) is 19.8 Å². The van der Waals surface area contributed by atoms with Crippen LogP contribution in [0.4, 0.5) is 11.4 Å². The molecule has 2 aromatic rings. The molecule has 0 aromatic heterocycles. The van der Waals surface area contributed by atoms with Crippen LogP contribution in [0.3, 0.4) is 0 Å². The molecule has 33 heavy (non-hydrogen) atoms. The first-order valence-electron chi connectivity index (χ1n) is 11.7. The van der Waals surface area contributed by atoms with Gasteiger partial charge in [-0.25, -0.2) is 0 Å². The first-order valence-corrected chi connectivity index (χ1v) is 11.7. The van der Waals surface area contributed by atoms with Gasteiger partial charge in [-0.05, 0) is 30.5 Å². The predicted octanol–water partition coefficient (Wildman–Crippen LogP) is 3.97. The summed E-state index contributed by atoms with van der Waals surface area (Å²) in [5.41, 5.74) is 1.58. The van der Waals surface area contributed by atoms with Crippen molar-refractivity contribution in [2.75, 3.05) is 38.2 Å². The highest BCUT2D eigenvalue weighted by atomic mass is 16.6. The summed E-state index contributed by atoms with van der Waals surface area (Å²) in [6.07, 6.45) is 5.64. The number of morpholine rings is 1. The van der Waals surface area contributed by atoms with E-state index >= 15 is 0 Å². The Balaban J connectivity index is 1.44. The number of rotatable bonds is 8. The van der Waals surface area contributed by atoms with Crippen molar-refractivity contribution in [3.63, 3.8) is 0 Å². The number of carbonyl (C=O) groups is 1. The molecular formula is C25H32N4O4. The Morgan fingerprint density at radius 3 is 2.48 bits per heavy atom. The number of hydrogen-bond donors (Lipinski definition) is 2. The lowest BCUT2D eigenvalue weighted by atomic mass is 9.79. The van der Waals surface area contributed by atoms with E-state index in [-0.39, 0.29) is 17.1 Å². The lowest BCUT2D eigenvalue weighted by Gasteiger charge is -2.48. The molecule has 2 aliphatic rings. The molecule has 1 aliphatic carbocycles. The lowest BCUT2D eigenvalue weighted by molar-refractivity contribution is -0.384. The standard InChI is InChI=1S/C25H32N4O4/c30-24(27-19-25(11-5-2-6-12-25)28-13-15-33-16-14-28)21-9-10-22(23(17-21)29(31)32)26-18-20-7-3-1-4-8-20/h1,3-4,7-10,17,26H,2,5-6,11-16,18-19H2,(H,27,30). The number of nitrogens with one attached hydrogen (secondary N) is 2. The van der Waals surface area contributed by atoms with Crippen molar-refractivity contribution in [3.8, 4) is 0 Å². The number of nitro groups is 1. The third kappa shape index (κ3) is 5.69. The van der Waals surface area contributed by atoms with Gasteiger partial charge in [0.1, 0.15) is 5.69 Å². The second kappa shape index (κ2) is 10.8. The average Bonchev–Trinajstić information content (AvgIpc) is 2.87. The van der Waals surface area contributed by atoms with E-state index in [1.54, 1.807) is 12.1 Å². The molecule has 4 rings (SSSR count). The Hall–Kier alpha value is -2.97. The Morgan fingerprint density at radius 1 is 1.06 bits per heavy atom. The molecule has 1 aliphatic heterocycles. The van der Waals surface area contributed by atoms with Crippen molar-refractivity contribution >= 4 is 17.3 Å². The summed E-state index contributed by atoms with van der Waals surface area (Å²) in [5.74, 6) is -0.272. The summed E-state index contributed by atoms with van der Waals surface area (Å²) < 4.78 is 5.53. The molecule has 8 nitrogen and oxygen atoms in total. The van der Waals surface area contributed by atoms with Crippen LogP contribution in [0.5, 0.6) is 0 Å². The van der Waals surface area contributed by atoms with Crippen LogP contribution in [0.2, 0.25) is 0 Å². The van der Waals surface area contributed by atoms with Crippen LogP contribution >= 0.6 is 0 Å². The molecule has 2 N–H and O–H groups in total. The van der Waals surface area contributed by atoms with Crippen LogP contribution in [-0.4, -0.2) is 54.1 Å². The number of benzene rings is 2. The number of hydrogen-bond acceptors (Lipinski definition) is 6. The molecule has 1 saturated carbocycles. The zero-order valence-corrected chi connectivity index (χ0v) is 18.9. The van der Waals surface area contributed by atoms with E-state index in [0.29, 0.717) is 24.3 Å². The molecule has 2 fully saturated rings. The monoisotopic (exact) mass is 452 g/mol. The van der Waals surface area contributed by atoms with Crippen LogP contribution in [-0.2, 0) is 11.3 Å². The maximum absolute atomic E-state index is 13.0. The number of anilines is 1. The average molecular weight is 453 g/mol. The highest BCUT2D eigenvalue weighted by Crippen LogP contribution is 2.34. The van der Waals surface area contributed by atoms with Crippen LogP contribution in [0.15, 0.2) is 48.5 Å². The number of nitrogens with zero attached hydrogens (tertiary/aromatic N) is 2. The molecular weight excluding hydrogens is 420 g/mol. The summed E-state index contributed by atoms with van der Waals surface area (Å²) >= 11 is 0. The van der Waals surface area contributed by atoms with Gasteiger partial charge in [0.2, 0.25) is 0 Å². The minimum absolute atomic E-state index is 0.0548. The van der Waals surface area contributed by atoms with E-state index < -0.39 is 4.92 Å². The van der Waals surface area contributed by atoms with Crippen molar-refractivity contribution in [1.82, 2.24) is 10.2 Å². The third-order valence-corrected chi connectivity index (χ3v) is 6.83. The number of ether oxygens (including phenoxy) is 1. The fourth-order valence-electron chi connectivity index (χ4n) is 4.97. The molecule has 0 radical (unpaired) electrons. The van der Waals surface area contributed by atoms with Crippen LogP contribution < -0.4 is 10.6 Å². The van der Waals surface area contributed by atoms with E-state index in [1.807, 2.05) is 30.3 Å².